The van der Waals surface area contributed by atoms with E-state index in [4.69, 9.17) is 0 Å². The van der Waals surface area contributed by atoms with Crippen LogP contribution in [0.2, 0.25) is 0 Å². The summed E-state index contributed by atoms with van der Waals surface area (Å²) in [6.45, 7) is 1.93. The number of amides is 2. The van der Waals surface area contributed by atoms with Crippen molar-refractivity contribution < 1.29 is 14.4 Å². The largest absolute Gasteiger partial charge is 0.299 e. The number of nitrogens with zero attached hydrogens (tertiary/aromatic N) is 1. The molecule has 3 aliphatic heterocycles. The number of fused-ring (bicyclic) bond motifs is 2. The highest BCUT2D eigenvalue weighted by molar-refractivity contribution is 9.10. The van der Waals surface area contributed by atoms with Crippen molar-refractivity contribution in [3.63, 3.8) is 0 Å². The van der Waals surface area contributed by atoms with Crippen LogP contribution in [0.1, 0.15) is 12.0 Å². The molecular formula is C16H14BrNO3S. The number of imide groups is 1. The fourth-order valence-corrected chi connectivity index (χ4v) is 5.68. The zero-order valence-corrected chi connectivity index (χ0v) is 14.3. The number of benzene rings is 1. The Kier molecular flexibility index (Phi) is 3.24. The minimum absolute atomic E-state index is 0.0273. The zero-order valence-electron chi connectivity index (χ0n) is 11.9. The predicted octanol–water partition coefficient (Wildman–Crippen LogP) is 2.57. The molecule has 2 unspecified atom stereocenters. The Morgan fingerprint density at radius 3 is 2.59 bits per heavy atom. The molecule has 0 aromatic heterocycles. The van der Waals surface area contributed by atoms with Crippen LogP contribution in [0.5, 0.6) is 0 Å². The third kappa shape index (κ3) is 1.86. The molecule has 114 valence electrons. The summed E-state index contributed by atoms with van der Waals surface area (Å²) < 4.78 is 0.943. The van der Waals surface area contributed by atoms with Crippen LogP contribution in [0.3, 0.4) is 0 Å². The number of hydrogen-bond acceptors (Lipinski definition) is 4. The molecule has 0 radical (unpaired) electrons. The lowest BCUT2D eigenvalue weighted by Crippen LogP contribution is -2.49. The van der Waals surface area contributed by atoms with Gasteiger partial charge in [-0.1, -0.05) is 15.9 Å². The highest BCUT2D eigenvalue weighted by Crippen LogP contribution is 2.51. The van der Waals surface area contributed by atoms with E-state index >= 15 is 0 Å². The first kappa shape index (κ1) is 14.5. The van der Waals surface area contributed by atoms with Crippen molar-refractivity contribution in [2.75, 3.05) is 10.7 Å². The number of ketones is 1. The Balaban J connectivity index is 1.77. The van der Waals surface area contributed by atoms with E-state index in [1.165, 1.54) is 4.90 Å². The van der Waals surface area contributed by atoms with Crippen molar-refractivity contribution >= 4 is 51.0 Å². The molecule has 22 heavy (non-hydrogen) atoms. The molecule has 5 rings (SSSR count). The van der Waals surface area contributed by atoms with E-state index in [2.05, 4.69) is 15.9 Å². The number of Topliss-reactive ketones (excluding diaryl/α,β-unsaturated/α-hetero) is 1. The Morgan fingerprint density at radius 2 is 1.91 bits per heavy atom. The first-order valence-electron chi connectivity index (χ1n) is 7.27. The maximum atomic E-state index is 12.8. The van der Waals surface area contributed by atoms with Gasteiger partial charge in [0.25, 0.3) is 0 Å². The van der Waals surface area contributed by atoms with E-state index in [1.807, 2.05) is 19.1 Å². The van der Waals surface area contributed by atoms with Gasteiger partial charge < -0.3 is 0 Å². The SMILES string of the molecule is Cc1cc(N2C(=O)C3C(C2=O)[C@@H]2CS[C@H]3CC2=O)ccc1Br. The van der Waals surface area contributed by atoms with Gasteiger partial charge in [0.1, 0.15) is 5.78 Å². The molecule has 2 amide bonds. The number of rotatable bonds is 1. The van der Waals surface area contributed by atoms with Gasteiger partial charge in [0.05, 0.1) is 17.5 Å². The Bertz CT molecular complexity index is 719. The van der Waals surface area contributed by atoms with E-state index < -0.39 is 5.92 Å². The van der Waals surface area contributed by atoms with E-state index in [1.54, 1.807) is 17.8 Å². The van der Waals surface area contributed by atoms with Gasteiger partial charge in [-0.3, -0.25) is 14.4 Å². The third-order valence-corrected chi connectivity index (χ3v) is 7.27. The van der Waals surface area contributed by atoms with Gasteiger partial charge in [0.2, 0.25) is 11.8 Å². The number of carbonyl (C=O) groups is 3. The smallest absolute Gasteiger partial charge is 0.238 e. The van der Waals surface area contributed by atoms with Gasteiger partial charge in [-0.05, 0) is 30.7 Å². The summed E-state index contributed by atoms with van der Waals surface area (Å²) in [7, 11) is 0. The number of anilines is 1. The second-order valence-electron chi connectivity index (χ2n) is 6.15. The molecule has 2 bridgehead atoms. The van der Waals surface area contributed by atoms with Crippen molar-refractivity contribution in [1.82, 2.24) is 0 Å². The zero-order chi connectivity index (χ0) is 15.6. The minimum atomic E-state index is -0.441. The molecule has 3 heterocycles. The first-order chi connectivity index (χ1) is 10.5. The average molecular weight is 380 g/mol. The lowest BCUT2D eigenvalue weighted by atomic mass is 9.72. The van der Waals surface area contributed by atoms with Crippen LogP contribution in [0.15, 0.2) is 22.7 Å². The summed E-state index contributed by atoms with van der Waals surface area (Å²) in [5.74, 6) is -0.539. The maximum absolute atomic E-state index is 12.8. The van der Waals surface area contributed by atoms with Gasteiger partial charge in [0.15, 0.2) is 0 Å². The van der Waals surface area contributed by atoms with Crippen LogP contribution in [-0.2, 0) is 14.4 Å². The standard InChI is InChI=1S/C16H14BrNO3S/c1-7-4-8(2-3-10(7)17)18-15(20)13-9-6-22-12(5-11(9)19)14(13)16(18)21/h2-4,9,12-14H,5-6H2,1H3/t9-,12+,13?,14?/m1/s1. The molecule has 4 nitrogen and oxygen atoms in total. The highest BCUT2D eigenvalue weighted by atomic mass is 79.9. The number of carbonyl (C=O) groups excluding carboxylic acids is 3. The Labute approximate surface area is 140 Å². The Hall–Kier alpha value is -1.14. The van der Waals surface area contributed by atoms with Crippen molar-refractivity contribution in [3.8, 4) is 0 Å². The van der Waals surface area contributed by atoms with Crippen LogP contribution in [0.25, 0.3) is 0 Å². The van der Waals surface area contributed by atoms with Crippen molar-refractivity contribution in [2.24, 2.45) is 17.8 Å². The van der Waals surface area contributed by atoms with Crippen LogP contribution < -0.4 is 4.90 Å². The molecule has 4 fully saturated rings. The fraction of sp³-hybridized carbons (Fsp3) is 0.438. The normalized spacial score (nSPS) is 33.5. The van der Waals surface area contributed by atoms with E-state index in [0.29, 0.717) is 17.9 Å². The van der Waals surface area contributed by atoms with Gasteiger partial charge in [0, 0.05) is 27.8 Å². The summed E-state index contributed by atoms with van der Waals surface area (Å²) in [4.78, 5) is 39.0. The molecule has 1 saturated carbocycles. The lowest BCUT2D eigenvalue weighted by Gasteiger charge is -2.40. The van der Waals surface area contributed by atoms with E-state index in [0.717, 1.165) is 10.0 Å². The van der Waals surface area contributed by atoms with Gasteiger partial charge in [-0.2, -0.15) is 11.8 Å². The molecule has 1 aliphatic carbocycles. The molecule has 3 saturated heterocycles. The van der Waals surface area contributed by atoms with Crippen LogP contribution in [0, 0.1) is 24.7 Å². The lowest BCUT2D eigenvalue weighted by molar-refractivity contribution is -0.134. The monoisotopic (exact) mass is 379 g/mol. The molecule has 0 spiro atoms. The molecule has 6 heteroatoms. The number of aryl methyl sites for hydroxylation is 1. The quantitative estimate of drug-likeness (QED) is 0.703. The van der Waals surface area contributed by atoms with Gasteiger partial charge in [-0.25, -0.2) is 4.90 Å². The topological polar surface area (TPSA) is 54.5 Å². The third-order valence-electron chi connectivity index (χ3n) is 4.94. The molecule has 4 aliphatic rings. The molecule has 1 aromatic rings. The second-order valence-corrected chi connectivity index (χ2v) is 8.27. The summed E-state index contributed by atoms with van der Waals surface area (Å²) >= 11 is 5.10. The predicted molar refractivity (Wildman–Crippen MR) is 87.7 cm³/mol. The minimum Gasteiger partial charge on any atom is -0.299 e. The summed E-state index contributed by atoms with van der Waals surface area (Å²) in [6, 6.07) is 5.47. The van der Waals surface area contributed by atoms with E-state index in [9.17, 15) is 14.4 Å². The van der Waals surface area contributed by atoms with Gasteiger partial charge in [-0.15, -0.1) is 0 Å². The highest BCUT2D eigenvalue weighted by Gasteiger charge is 2.61. The molecule has 4 atom stereocenters. The first-order valence-corrected chi connectivity index (χ1v) is 9.11. The summed E-state index contributed by atoms with van der Waals surface area (Å²) in [5.41, 5.74) is 1.59. The molecular weight excluding hydrogens is 366 g/mol. The maximum Gasteiger partial charge on any atom is 0.238 e. The average Bonchev–Trinajstić information content (AvgIpc) is 2.76. The molecule has 1 aromatic carbocycles. The second kappa shape index (κ2) is 4.93. The van der Waals surface area contributed by atoms with Crippen molar-refractivity contribution in [2.45, 2.75) is 18.6 Å². The van der Waals surface area contributed by atoms with Gasteiger partial charge >= 0.3 is 0 Å². The van der Waals surface area contributed by atoms with Crippen LogP contribution in [0.4, 0.5) is 5.69 Å². The van der Waals surface area contributed by atoms with Crippen molar-refractivity contribution in [3.05, 3.63) is 28.2 Å². The number of thioether (sulfide) groups is 1. The summed E-state index contributed by atoms with van der Waals surface area (Å²) in [6.07, 6.45) is 0.433. The Morgan fingerprint density at radius 1 is 1.18 bits per heavy atom. The van der Waals surface area contributed by atoms with Crippen molar-refractivity contribution in [1.29, 1.82) is 0 Å². The molecule has 0 N–H and O–H groups in total. The fourth-order valence-electron chi connectivity index (χ4n) is 3.81. The van der Waals surface area contributed by atoms with E-state index in [-0.39, 0.29) is 34.7 Å². The number of hydrogen-bond donors (Lipinski definition) is 0. The van der Waals surface area contributed by atoms with Crippen LogP contribution >= 0.6 is 27.7 Å². The summed E-state index contributed by atoms with van der Waals surface area (Å²) in [5, 5.41) is -0.0273. The number of halogens is 1. The van der Waals surface area contributed by atoms with Crippen LogP contribution in [-0.4, -0.2) is 28.6 Å².